The van der Waals surface area contributed by atoms with Crippen LogP contribution in [0.25, 0.3) is 0 Å². The lowest BCUT2D eigenvalue weighted by atomic mass is 9.73. The first-order valence-corrected chi connectivity index (χ1v) is 16.3. The molecule has 2 aromatic rings. The number of rotatable bonds is 9. The normalized spacial score (nSPS) is 23.9. The Morgan fingerprint density at radius 3 is 2.25 bits per heavy atom. The van der Waals surface area contributed by atoms with E-state index in [1.807, 2.05) is 12.1 Å². The van der Waals surface area contributed by atoms with E-state index in [4.69, 9.17) is 39.8 Å². The van der Waals surface area contributed by atoms with Gasteiger partial charge in [-0.05, 0) is 104 Å². The molecular weight excluding hydrogens is 595 g/mol. The molecule has 0 saturated heterocycles. The summed E-state index contributed by atoms with van der Waals surface area (Å²) in [5.41, 5.74) is 7.98. The highest BCUT2D eigenvalue weighted by atomic mass is 35.5. The molecule has 1 spiro atoms. The van der Waals surface area contributed by atoms with Gasteiger partial charge in [0, 0.05) is 21.2 Å². The summed E-state index contributed by atoms with van der Waals surface area (Å²) in [5, 5.41) is 7.07. The zero-order chi connectivity index (χ0) is 31.9. The zero-order valence-electron chi connectivity index (χ0n) is 26.1. The smallest absolute Gasteiger partial charge is 0.275 e. The number of nitrogens with zero attached hydrogens (tertiary/aromatic N) is 3. The number of hydrogen-bond donors (Lipinski definition) is 3. The maximum absolute atomic E-state index is 14.6. The molecule has 236 valence electrons. The fraction of sp³-hybridized carbons (Fsp3) is 0.529. The number of nitrogens with two attached hydrogens (primary N) is 2. The van der Waals surface area contributed by atoms with Crippen LogP contribution in [0, 0.1) is 16.7 Å². The summed E-state index contributed by atoms with van der Waals surface area (Å²) >= 11 is 12.8. The minimum absolute atomic E-state index is 0.0564. The van der Waals surface area contributed by atoms with Crippen LogP contribution in [-0.2, 0) is 4.79 Å². The van der Waals surface area contributed by atoms with E-state index in [1.54, 1.807) is 30.3 Å². The van der Waals surface area contributed by atoms with Gasteiger partial charge in [-0.25, -0.2) is 0 Å². The molecule has 0 radical (unpaired) electrons. The van der Waals surface area contributed by atoms with Crippen LogP contribution in [0.15, 0.2) is 52.6 Å². The Morgan fingerprint density at radius 2 is 1.70 bits per heavy atom. The fourth-order valence-corrected chi connectivity index (χ4v) is 7.37. The van der Waals surface area contributed by atoms with Crippen LogP contribution in [0.5, 0.6) is 0 Å². The van der Waals surface area contributed by atoms with Crippen molar-refractivity contribution in [1.82, 2.24) is 10.2 Å². The average molecular weight is 640 g/mol. The highest BCUT2D eigenvalue weighted by Crippen LogP contribution is 2.58. The van der Waals surface area contributed by atoms with Gasteiger partial charge in [0.15, 0.2) is 0 Å². The van der Waals surface area contributed by atoms with Gasteiger partial charge in [0.05, 0.1) is 12.6 Å². The molecule has 3 aliphatic rings. The number of carbonyl (C=O) groups is 2. The zero-order valence-corrected chi connectivity index (χ0v) is 27.6. The summed E-state index contributed by atoms with van der Waals surface area (Å²) in [6, 6.07) is 12.5. The molecule has 5 N–H and O–H groups in total. The number of hydrazone groups is 1. The lowest BCUT2D eigenvalue weighted by Crippen LogP contribution is -2.51. The molecule has 2 aromatic carbocycles. The first kappa shape index (κ1) is 32.3. The number of benzene rings is 2. The number of nitrogens with one attached hydrogen (secondary N) is 1. The van der Waals surface area contributed by atoms with Gasteiger partial charge in [-0.1, -0.05) is 63.0 Å². The highest BCUT2D eigenvalue weighted by Gasteiger charge is 2.55. The van der Waals surface area contributed by atoms with Crippen molar-refractivity contribution in [3.8, 4) is 0 Å². The van der Waals surface area contributed by atoms with Crippen LogP contribution in [0.4, 0.5) is 0 Å². The summed E-state index contributed by atoms with van der Waals surface area (Å²) in [7, 11) is 0. The second kappa shape index (κ2) is 12.4. The van der Waals surface area contributed by atoms with Gasteiger partial charge in [-0.3, -0.25) is 14.6 Å². The predicted octanol–water partition coefficient (Wildman–Crippen LogP) is 6.84. The van der Waals surface area contributed by atoms with Gasteiger partial charge < -0.3 is 21.8 Å². The molecule has 8 nitrogen and oxygen atoms in total. The molecule has 2 saturated carbocycles. The van der Waals surface area contributed by atoms with E-state index in [0.29, 0.717) is 38.2 Å². The van der Waals surface area contributed by atoms with Crippen LogP contribution >= 0.6 is 23.2 Å². The van der Waals surface area contributed by atoms with Crippen LogP contribution < -0.4 is 16.9 Å². The highest BCUT2D eigenvalue weighted by molar-refractivity contribution is 6.47. The Morgan fingerprint density at radius 1 is 1.09 bits per heavy atom. The molecule has 2 amide bonds. The lowest BCUT2D eigenvalue weighted by Gasteiger charge is -2.46. The van der Waals surface area contributed by atoms with E-state index in [2.05, 4.69) is 43.0 Å². The first-order valence-electron chi connectivity index (χ1n) is 15.5. The maximum atomic E-state index is 14.6. The van der Waals surface area contributed by atoms with E-state index in [0.717, 1.165) is 44.1 Å². The summed E-state index contributed by atoms with van der Waals surface area (Å²) in [6.07, 6.45) is 7.91. The van der Waals surface area contributed by atoms with Crippen molar-refractivity contribution >= 4 is 46.6 Å². The molecule has 0 bridgehead atoms. The van der Waals surface area contributed by atoms with Crippen molar-refractivity contribution in [2.45, 2.75) is 90.8 Å². The number of halogens is 2. The van der Waals surface area contributed by atoms with Gasteiger partial charge in [-0.15, -0.1) is 0 Å². The topological polar surface area (TPSA) is 126 Å². The molecule has 2 fully saturated rings. The number of amides is 2. The number of carbonyl (C=O) groups excluding carboxylic acids is 2. The van der Waals surface area contributed by atoms with Gasteiger partial charge in [0.25, 0.3) is 11.8 Å². The molecular formula is C34H44Cl2N6O2. The third kappa shape index (κ3) is 6.91. The first-order chi connectivity index (χ1) is 20.7. The molecule has 1 aliphatic heterocycles. The van der Waals surface area contributed by atoms with Crippen molar-refractivity contribution in [2.75, 3.05) is 6.54 Å². The molecule has 1 heterocycles. The quantitative estimate of drug-likeness (QED) is 0.120. The van der Waals surface area contributed by atoms with E-state index in [-0.39, 0.29) is 35.7 Å². The number of amidine groups is 1. The third-order valence-corrected chi connectivity index (χ3v) is 10.2. The van der Waals surface area contributed by atoms with Crippen molar-refractivity contribution in [2.24, 2.45) is 38.4 Å². The molecule has 44 heavy (non-hydrogen) atoms. The van der Waals surface area contributed by atoms with Gasteiger partial charge in [-0.2, -0.15) is 5.10 Å². The lowest BCUT2D eigenvalue weighted by molar-refractivity contribution is -0.133. The number of hydrogen-bond acceptors (Lipinski definition) is 5. The van der Waals surface area contributed by atoms with Crippen molar-refractivity contribution < 1.29 is 9.59 Å². The Bertz CT molecular complexity index is 1450. The Balaban J connectivity index is 1.52. The molecule has 10 heteroatoms. The van der Waals surface area contributed by atoms with Crippen LogP contribution in [0.2, 0.25) is 10.0 Å². The summed E-state index contributed by atoms with van der Waals surface area (Å²) in [6.45, 7) is 9.10. The van der Waals surface area contributed by atoms with E-state index < -0.39 is 5.66 Å². The van der Waals surface area contributed by atoms with Crippen LogP contribution in [0.3, 0.4) is 0 Å². The number of aliphatic imine (C=N–C) groups is 1. The fourth-order valence-electron chi connectivity index (χ4n) is 6.85. The summed E-state index contributed by atoms with van der Waals surface area (Å²) in [5.74, 6) is 5.59. The molecule has 2 aliphatic carbocycles. The molecule has 1 atom stereocenters. The Labute approximate surface area is 270 Å². The van der Waals surface area contributed by atoms with Crippen LogP contribution in [0.1, 0.15) is 107 Å². The second-order valence-electron chi connectivity index (χ2n) is 14.2. The Hall–Kier alpha value is -3.10. The summed E-state index contributed by atoms with van der Waals surface area (Å²) < 4.78 is 0. The van der Waals surface area contributed by atoms with Crippen molar-refractivity contribution in [3.05, 3.63) is 69.2 Å². The third-order valence-electron chi connectivity index (χ3n) is 9.77. The molecule has 1 unspecified atom stereocenters. The predicted molar refractivity (Wildman–Crippen MR) is 178 cm³/mol. The van der Waals surface area contributed by atoms with Crippen molar-refractivity contribution in [1.29, 1.82) is 0 Å². The Kier molecular flexibility index (Phi) is 9.07. The van der Waals surface area contributed by atoms with Crippen LogP contribution in [-0.4, -0.2) is 40.5 Å². The van der Waals surface area contributed by atoms with E-state index in [9.17, 15) is 9.59 Å². The van der Waals surface area contributed by atoms with Gasteiger partial charge in [0.1, 0.15) is 17.2 Å². The monoisotopic (exact) mass is 638 g/mol. The maximum Gasteiger partial charge on any atom is 0.275 e. The van der Waals surface area contributed by atoms with Gasteiger partial charge in [0.2, 0.25) is 0 Å². The summed E-state index contributed by atoms with van der Waals surface area (Å²) in [4.78, 5) is 34.7. The van der Waals surface area contributed by atoms with Crippen molar-refractivity contribution in [3.63, 3.8) is 0 Å². The second-order valence-corrected chi connectivity index (χ2v) is 15.1. The average Bonchev–Trinajstić information content (AvgIpc) is 3.67. The van der Waals surface area contributed by atoms with Gasteiger partial charge >= 0.3 is 0 Å². The molecule has 0 aromatic heterocycles. The van der Waals surface area contributed by atoms with E-state index >= 15 is 0 Å². The largest absolute Gasteiger partial charge is 0.384 e. The minimum atomic E-state index is -0.652. The SMILES string of the molecule is CC(C)(C)CCC(c1ccc(C(=O)NC/C(N)=N/N)cc1)N1C(=O)C(c2cc(Cl)cc(Cl)c2)=NC12CCC(C1(C)CC1)CC2. The minimum Gasteiger partial charge on any atom is -0.384 e. The standard InChI is InChI=1S/C34H44Cl2N6O2/c1-32(2,3)12-11-27(21-5-7-22(8-6-21)30(43)39-20-28(37)41-38)42-31(44)29(23-17-25(35)19-26(36)18-23)40-34(42)13-9-24(10-14-34)33(4)15-16-33/h5-8,17-19,24,27H,9-16,20,38H2,1-4H3,(H2,37,41)(H,39,43). The van der Waals surface area contributed by atoms with E-state index in [1.165, 1.54) is 12.8 Å². The molecule has 5 rings (SSSR count).